The van der Waals surface area contributed by atoms with Gasteiger partial charge in [0.05, 0.1) is 5.69 Å². The van der Waals surface area contributed by atoms with E-state index in [2.05, 4.69) is 4.98 Å². The van der Waals surface area contributed by atoms with Gasteiger partial charge in [0.25, 0.3) is 0 Å². The Hall–Kier alpha value is -1.51. The molecule has 0 bridgehead atoms. The van der Waals surface area contributed by atoms with Gasteiger partial charge in [-0.2, -0.15) is 0 Å². The number of fused-ring (bicyclic) bond motifs is 1. The third kappa shape index (κ3) is 1.30. The lowest BCUT2D eigenvalue weighted by Crippen LogP contribution is -1.99. The summed E-state index contributed by atoms with van der Waals surface area (Å²) in [6.07, 6.45) is 7.11. The predicted octanol–water partition coefficient (Wildman–Crippen LogP) is 2.57. The van der Waals surface area contributed by atoms with E-state index in [1.165, 1.54) is 25.7 Å². The molecule has 0 aliphatic heterocycles. The SMILES string of the molecule is Nc1c(C2CCCC2)nc2ccccn12. The number of hydrogen-bond donors (Lipinski definition) is 1. The maximum Gasteiger partial charge on any atom is 0.138 e. The highest BCUT2D eigenvalue weighted by molar-refractivity contribution is 5.53. The van der Waals surface area contributed by atoms with E-state index in [4.69, 9.17) is 5.73 Å². The van der Waals surface area contributed by atoms with E-state index >= 15 is 0 Å². The van der Waals surface area contributed by atoms with Gasteiger partial charge in [-0.3, -0.25) is 4.40 Å². The number of nitrogens with zero attached hydrogens (tertiary/aromatic N) is 2. The average Bonchev–Trinajstić information content (AvgIpc) is 2.87. The minimum Gasteiger partial charge on any atom is -0.383 e. The maximum absolute atomic E-state index is 6.12. The van der Waals surface area contributed by atoms with Crippen molar-refractivity contribution in [3.05, 3.63) is 30.1 Å². The largest absolute Gasteiger partial charge is 0.383 e. The van der Waals surface area contributed by atoms with Crippen LogP contribution in [0.15, 0.2) is 24.4 Å². The average molecular weight is 201 g/mol. The summed E-state index contributed by atoms with van der Waals surface area (Å²) in [5.74, 6) is 1.42. The van der Waals surface area contributed by atoms with Crippen molar-refractivity contribution in [2.24, 2.45) is 0 Å². The van der Waals surface area contributed by atoms with Crippen LogP contribution in [0.1, 0.15) is 37.3 Å². The second-order valence-electron chi connectivity index (χ2n) is 4.29. The molecule has 0 unspecified atom stereocenters. The van der Waals surface area contributed by atoms with Gasteiger partial charge in [-0.05, 0) is 25.0 Å². The van der Waals surface area contributed by atoms with E-state index in [0.29, 0.717) is 5.92 Å². The van der Waals surface area contributed by atoms with E-state index in [1.807, 2.05) is 28.8 Å². The Morgan fingerprint density at radius 3 is 2.80 bits per heavy atom. The molecular weight excluding hydrogens is 186 g/mol. The van der Waals surface area contributed by atoms with Gasteiger partial charge in [-0.1, -0.05) is 18.9 Å². The van der Waals surface area contributed by atoms with Gasteiger partial charge >= 0.3 is 0 Å². The third-order valence-corrected chi connectivity index (χ3v) is 3.34. The van der Waals surface area contributed by atoms with Crippen molar-refractivity contribution < 1.29 is 0 Å². The first-order chi connectivity index (χ1) is 7.36. The monoisotopic (exact) mass is 201 g/mol. The second kappa shape index (κ2) is 3.26. The molecule has 78 valence electrons. The van der Waals surface area contributed by atoms with Crippen molar-refractivity contribution >= 4 is 11.5 Å². The van der Waals surface area contributed by atoms with Gasteiger partial charge in [-0.15, -0.1) is 0 Å². The number of pyridine rings is 1. The number of nitrogen functional groups attached to an aromatic ring is 1. The zero-order valence-electron chi connectivity index (χ0n) is 8.69. The van der Waals surface area contributed by atoms with Crippen LogP contribution < -0.4 is 5.73 Å². The van der Waals surface area contributed by atoms with Crippen LogP contribution in [0.2, 0.25) is 0 Å². The highest BCUT2D eigenvalue weighted by Gasteiger charge is 2.22. The van der Waals surface area contributed by atoms with Crippen molar-refractivity contribution in [2.75, 3.05) is 5.73 Å². The highest BCUT2D eigenvalue weighted by atomic mass is 15.1. The lowest BCUT2D eigenvalue weighted by Gasteiger charge is -2.05. The first-order valence-corrected chi connectivity index (χ1v) is 5.59. The maximum atomic E-state index is 6.12. The summed E-state index contributed by atoms with van der Waals surface area (Å²) in [6, 6.07) is 6.00. The molecule has 2 aromatic rings. The second-order valence-corrected chi connectivity index (χ2v) is 4.29. The minimum absolute atomic E-state index is 0.588. The first-order valence-electron chi connectivity index (χ1n) is 5.59. The molecule has 0 amide bonds. The van der Waals surface area contributed by atoms with Crippen molar-refractivity contribution in [2.45, 2.75) is 31.6 Å². The van der Waals surface area contributed by atoms with Crippen LogP contribution in [0.3, 0.4) is 0 Å². The number of anilines is 1. The molecule has 1 aliphatic rings. The van der Waals surface area contributed by atoms with Crippen LogP contribution in [0.4, 0.5) is 5.82 Å². The molecule has 1 saturated carbocycles. The smallest absolute Gasteiger partial charge is 0.138 e. The number of aromatic nitrogens is 2. The molecule has 2 heterocycles. The summed E-state index contributed by atoms with van der Waals surface area (Å²) in [4.78, 5) is 4.63. The Kier molecular flexibility index (Phi) is 1.91. The molecule has 2 aromatic heterocycles. The van der Waals surface area contributed by atoms with Crippen molar-refractivity contribution in [3.63, 3.8) is 0 Å². The number of imidazole rings is 1. The molecule has 0 saturated heterocycles. The zero-order valence-corrected chi connectivity index (χ0v) is 8.69. The van der Waals surface area contributed by atoms with Crippen LogP contribution in [0.5, 0.6) is 0 Å². The summed E-state index contributed by atoms with van der Waals surface area (Å²) in [5.41, 5.74) is 8.20. The molecule has 0 aromatic carbocycles. The lowest BCUT2D eigenvalue weighted by molar-refractivity contribution is 0.706. The van der Waals surface area contributed by atoms with Gasteiger partial charge in [0.2, 0.25) is 0 Å². The van der Waals surface area contributed by atoms with E-state index in [-0.39, 0.29) is 0 Å². The fraction of sp³-hybridized carbons (Fsp3) is 0.417. The standard InChI is InChI=1S/C12H15N3/c13-12-11(9-5-1-2-6-9)14-10-7-3-4-8-15(10)12/h3-4,7-9H,1-2,5-6,13H2. The topological polar surface area (TPSA) is 43.3 Å². The first kappa shape index (κ1) is 8.77. The van der Waals surface area contributed by atoms with Gasteiger partial charge in [-0.25, -0.2) is 4.98 Å². The summed E-state index contributed by atoms with van der Waals surface area (Å²) in [5, 5.41) is 0. The molecule has 3 rings (SSSR count). The molecule has 0 radical (unpaired) electrons. The summed E-state index contributed by atoms with van der Waals surface area (Å²) < 4.78 is 1.98. The Balaban J connectivity index is 2.14. The van der Waals surface area contributed by atoms with Crippen LogP contribution >= 0.6 is 0 Å². The molecule has 0 atom stereocenters. The molecule has 3 nitrogen and oxygen atoms in total. The number of rotatable bonds is 1. The molecule has 1 aliphatic carbocycles. The van der Waals surface area contributed by atoms with Crippen molar-refractivity contribution in [1.29, 1.82) is 0 Å². The van der Waals surface area contributed by atoms with Gasteiger partial charge in [0, 0.05) is 12.1 Å². The van der Waals surface area contributed by atoms with Crippen LogP contribution in [-0.2, 0) is 0 Å². The number of hydrogen-bond acceptors (Lipinski definition) is 2. The predicted molar refractivity (Wildman–Crippen MR) is 60.8 cm³/mol. The normalized spacial score (nSPS) is 17.6. The lowest BCUT2D eigenvalue weighted by atomic mass is 10.0. The molecule has 3 heteroatoms. The quantitative estimate of drug-likeness (QED) is 0.770. The molecule has 0 spiro atoms. The van der Waals surface area contributed by atoms with Gasteiger partial charge in [0.15, 0.2) is 0 Å². The molecule has 1 fully saturated rings. The zero-order chi connectivity index (χ0) is 10.3. The Morgan fingerprint density at radius 2 is 2.07 bits per heavy atom. The molecular formula is C12H15N3. The van der Waals surface area contributed by atoms with Crippen molar-refractivity contribution in [1.82, 2.24) is 9.38 Å². The van der Waals surface area contributed by atoms with E-state index in [0.717, 1.165) is 17.2 Å². The summed E-state index contributed by atoms with van der Waals surface area (Å²) in [6.45, 7) is 0. The van der Waals surface area contributed by atoms with E-state index < -0.39 is 0 Å². The summed E-state index contributed by atoms with van der Waals surface area (Å²) in [7, 11) is 0. The third-order valence-electron chi connectivity index (χ3n) is 3.34. The van der Waals surface area contributed by atoms with E-state index in [9.17, 15) is 0 Å². The minimum atomic E-state index is 0.588. The fourth-order valence-corrected chi connectivity index (χ4v) is 2.53. The molecule has 2 N–H and O–H groups in total. The van der Waals surface area contributed by atoms with Crippen molar-refractivity contribution in [3.8, 4) is 0 Å². The Morgan fingerprint density at radius 1 is 1.27 bits per heavy atom. The molecule has 15 heavy (non-hydrogen) atoms. The van der Waals surface area contributed by atoms with Gasteiger partial charge < -0.3 is 5.73 Å². The highest BCUT2D eigenvalue weighted by Crippen LogP contribution is 2.36. The fourth-order valence-electron chi connectivity index (χ4n) is 2.53. The van der Waals surface area contributed by atoms with Crippen LogP contribution in [0.25, 0.3) is 5.65 Å². The Labute approximate surface area is 88.9 Å². The Bertz CT molecular complexity index is 481. The number of nitrogens with two attached hydrogens (primary N) is 1. The van der Waals surface area contributed by atoms with Crippen LogP contribution in [0, 0.1) is 0 Å². The van der Waals surface area contributed by atoms with Gasteiger partial charge in [0.1, 0.15) is 11.5 Å². The summed E-state index contributed by atoms with van der Waals surface area (Å²) >= 11 is 0. The van der Waals surface area contributed by atoms with Crippen LogP contribution in [-0.4, -0.2) is 9.38 Å². The van der Waals surface area contributed by atoms with E-state index in [1.54, 1.807) is 0 Å².